The van der Waals surface area contributed by atoms with Crippen molar-refractivity contribution >= 4 is 5.97 Å². The first-order chi connectivity index (χ1) is 9.28. The summed E-state index contributed by atoms with van der Waals surface area (Å²) in [4.78, 5) is 12.7. The third kappa shape index (κ3) is 4.49. The van der Waals surface area contributed by atoms with E-state index in [0.29, 0.717) is 17.8 Å². The molecule has 0 heterocycles. The molecule has 1 saturated carbocycles. The van der Waals surface area contributed by atoms with Crippen LogP contribution >= 0.6 is 0 Å². The van der Waals surface area contributed by atoms with E-state index in [-0.39, 0.29) is 17.5 Å². The Bertz CT molecular complexity index is 299. The average Bonchev–Trinajstić information content (AvgIpc) is 2.36. The van der Waals surface area contributed by atoms with Crippen LogP contribution in [0.1, 0.15) is 80.1 Å². The molecule has 1 aliphatic carbocycles. The van der Waals surface area contributed by atoms with Crippen LogP contribution < -0.4 is 0 Å². The van der Waals surface area contributed by atoms with Gasteiger partial charge < -0.3 is 4.74 Å². The smallest absolute Gasteiger partial charge is 0.309 e. The van der Waals surface area contributed by atoms with Gasteiger partial charge in [-0.3, -0.25) is 4.79 Å². The third-order valence-electron chi connectivity index (χ3n) is 4.89. The van der Waals surface area contributed by atoms with Gasteiger partial charge in [-0.1, -0.05) is 48.0 Å². The highest BCUT2D eigenvalue weighted by atomic mass is 16.6. The zero-order chi connectivity index (χ0) is 15.3. The number of hydrogen-bond acceptors (Lipinski definition) is 2. The number of carbonyl (C=O) groups excluding carboxylic acids is 1. The normalized spacial score (nSPS) is 20.4. The second-order valence-corrected chi connectivity index (χ2v) is 7.68. The summed E-state index contributed by atoms with van der Waals surface area (Å²) in [6.45, 7) is 13.0. The van der Waals surface area contributed by atoms with Gasteiger partial charge in [0, 0.05) is 0 Å². The Morgan fingerprint density at radius 3 is 1.95 bits per heavy atom. The second-order valence-electron chi connectivity index (χ2n) is 7.68. The van der Waals surface area contributed by atoms with Gasteiger partial charge in [-0.2, -0.15) is 0 Å². The van der Waals surface area contributed by atoms with Gasteiger partial charge in [0.25, 0.3) is 0 Å². The quantitative estimate of drug-likeness (QED) is 0.625. The molecule has 1 atom stereocenters. The van der Waals surface area contributed by atoms with Crippen molar-refractivity contribution in [2.24, 2.45) is 23.7 Å². The van der Waals surface area contributed by atoms with E-state index in [4.69, 9.17) is 4.74 Å². The Balaban J connectivity index is 2.78. The summed E-state index contributed by atoms with van der Waals surface area (Å²) in [5.41, 5.74) is -0.195. The molecule has 0 amide bonds. The number of esters is 1. The van der Waals surface area contributed by atoms with E-state index in [1.807, 2.05) is 0 Å². The van der Waals surface area contributed by atoms with Crippen LogP contribution in [0.5, 0.6) is 0 Å². The molecule has 0 aliphatic heterocycles. The average molecular weight is 282 g/mol. The Kier molecular flexibility index (Phi) is 6.54. The summed E-state index contributed by atoms with van der Waals surface area (Å²) in [6, 6.07) is 0. The summed E-state index contributed by atoms with van der Waals surface area (Å²) in [5.74, 6) is 1.41. The van der Waals surface area contributed by atoms with Crippen LogP contribution in [0, 0.1) is 23.7 Å². The minimum absolute atomic E-state index is 0.0456. The summed E-state index contributed by atoms with van der Waals surface area (Å²) in [7, 11) is 0. The predicted octanol–water partition coefficient (Wildman–Crippen LogP) is 5.21. The van der Waals surface area contributed by atoms with Crippen LogP contribution in [-0.2, 0) is 9.53 Å². The van der Waals surface area contributed by atoms with Crippen LogP contribution in [0.25, 0.3) is 0 Å². The molecule has 1 aliphatic rings. The first-order valence-corrected chi connectivity index (χ1v) is 8.51. The van der Waals surface area contributed by atoms with E-state index in [2.05, 4.69) is 41.5 Å². The summed E-state index contributed by atoms with van der Waals surface area (Å²) in [6.07, 6.45) is 6.70. The fraction of sp³-hybridized carbons (Fsp3) is 0.944. The zero-order valence-electron chi connectivity index (χ0n) is 14.4. The highest BCUT2D eigenvalue weighted by Gasteiger charge is 2.40. The lowest BCUT2D eigenvalue weighted by Gasteiger charge is -2.41. The van der Waals surface area contributed by atoms with Gasteiger partial charge >= 0.3 is 5.97 Å². The van der Waals surface area contributed by atoms with Crippen LogP contribution in [0.4, 0.5) is 0 Å². The molecule has 118 valence electrons. The summed E-state index contributed by atoms with van der Waals surface area (Å²) < 4.78 is 6.13. The molecule has 0 spiro atoms. The molecule has 0 radical (unpaired) electrons. The van der Waals surface area contributed by atoms with Crippen LogP contribution in [0.2, 0.25) is 0 Å². The van der Waals surface area contributed by atoms with Gasteiger partial charge in [0.15, 0.2) is 0 Å². The lowest BCUT2D eigenvalue weighted by Crippen LogP contribution is -2.44. The van der Waals surface area contributed by atoms with Gasteiger partial charge in [0.1, 0.15) is 5.60 Å². The van der Waals surface area contributed by atoms with E-state index in [1.54, 1.807) is 0 Å². The van der Waals surface area contributed by atoms with Crippen molar-refractivity contribution < 1.29 is 9.53 Å². The molecule has 0 N–H and O–H groups in total. The lowest BCUT2D eigenvalue weighted by molar-refractivity contribution is -0.177. The fourth-order valence-corrected chi connectivity index (χ4v) is 3.37. The second kappa shape index (κ2) is 7.47. The zero-order valence-corrected chi connectivity index (χ0v) is 14.4. The van der Waals surface area contributed by atoms with E-state index >= 15 is 0 Å². The van der Waals surface area contributed by atoms with E-state index < -0.39 is 0 Å². The van der Waals surface area contributed by atoms with Crippen molar-refractivity contribution in [3.63, 3.8) is 0 Å². The molecule has 1 unspecified atom stereocenters. The van der Waals surface area contributed by atoms with Crippen molar-refractivity contribution in [1.29, 1.82) is 0 Å². The molecular weight excluding hydrogens is 248 g/mol. The first-order valence-electron chi connectivity index (χ1n) is 8.51. The highest BCUT2D eigenvalue weighted by molar-refractivity contribution is 5.73. The molecule has 20 heavy (non-hydrogen) atoms. The molecule has 0 aromatic heterocycles. The van der Waals surface area contributed by atoms with E-state index in [1.165, 1.54) is 19.3 Å². The number of hydrogen-bond donors (Lipinski definition) is 0. The molecule has 2 nitrogen and oxygen atoms in total. The van der Waals surface area contributed by atoms with Gasteiger partial charge in [-0.25, -0.2) is 0 Å². The summed E-state index contributed by atoms with van der Waals surface area (Å²) >= 11 is 0. The summed E-state index contributed by atoms with van der Waals surface area (Å²) in [5, 5.41) is 0. The van der Waals surface area contributed by atoms with Crippen molar-refractivity contribution in [2.75, 3.05) is 0 Å². The van der Waals surface area contributed by atoms with Gasteiger partial charge in [0.2, 0.25) is 0 Å². The van der Waals surface area contributed by atoms with Gasteiger partial charge in [-0.05, 0) is 49.9 Å². The number of rotatable bonds is 6. The largest absolute Gasteiger partial charge is 0.459 e. The molecule has 0 bridgehead atoms. The van der Waals surface area contributed by atoms with Crippen molar-refractivity contribution in [1.82, 2.24) is 0 Å². The minimum atomic E-state index is -0.195. The van der Waals surface area contributed by atoms with Crippen molar-refractivity contribution in [3.05, 3.63) is 0 Å². The van der Waals surface area contributed by atoms with Crippen LogP contribution in [-0.4, -0.2) is 11.6 Å². The Morgan fingerprint density at radius 1 is 1.00 bits per heavy atom. The fourth-order valence-electron chi connectivity index (χ4n) is 3.37. The van der Waals surface area contributed by atoms with Gasteiger partial charge in [0.05, 0.1) is 5.92 Å². The molecule has 2 heteroatoms. The molecule has 1 rings (SSSR count). The lowest BCUT2D eigenvalue weighted by atomic mass is 9.76. The highest BCUT2D eigenvalue weighted by Crippen LogP contribution is 2.39. The topological polar surface area (TPSA) is 26.3 Å². The number of carbonyl (C=O) groups is 1. The predicted molar refractivity (Wildman–Crippen MR) is 84.5 cm³/mol. The molecule has 0 aromatic rings. The van der Waals surface area contributed by atoms with Crippen LogP contribution in [0.3, 0.4) is 0 Å². The molecule has 1 fully saturated rings. The van der Waals surface area contributed by atoms with Crippen LogP contribution in [0.15, 0.2) is 0 Å². The van der Waals surface area contributed by atoms with E-state index in [9.17, 15) is 4.79 Å². The maximum absolute atomic E-state index is 12.7. The maximum Gasteiger partial charge on any atom is 0.309 e. The molecule has 0 saturated heterocycles. The monoisotopic (exact) mass is 282 g/mol. The Labute approximate surface area is 125 Å². The Hall–Kier alpha value is -0.530. The SMILES string of the molecule is CC(C)CC(C(=O)OC1(C(C)C)CCCCC1)C(C)C. The maximum atomic E-state index is 12.7. The number of ether oxygens (including phenoxy) is 1. The van der Waals surface area contributed by atoms with E-state index in [0.717, 1.165) is 19.3 Å². The minimum Gasteiger partial charge on any atom is -0.459 e. The standard InChI is InChI=1S/C18H34O2/c1-13(2)12-16(14(3)4)17(19)20-18(15(5)6)10-8-7-9-11-18/h13-16H,7-12H2,1-6H3. The van der Waals surface area contributed by atoms with Crippen molar-refractivity contribution in [2.45, 2.75) is 85.7 Å². The molecular formula is C18H34O2. The van der Waals surface area contributed by atoms with Crippen molar-refractivity contribution in [3.8, 4) is 0 Å². The Morgan fingerprint density at radius 2 is 1.55 bits per heavy atom. The first kappa shape index (κ1) is 17.5. The third-order valence-corrected chi connectivity index (χ3v) is 4.89. The molecule has 0 aromatic carbocycles. The van der Waals surface area contributed by atoms with Gasteiger partial charge in [-0.15, -0.1) is 0 Å².